The van der Waals surface area contributed by atoms with Gasteiger partial charge in [-0.25, -0.2) is 9.78 Å². The smallest absolute Gasteiger partial charge is 0.412 e. The normalized spacial score (nSPS) is 19.1. The Balaban J connectivity index is 1.27. The third-order valence-corrected chi connectivity index (χ3v) is 7.48. The zero-order valence-electron chi connectivity index (χ0n) is 21.1. The Bertz CT molecular complexity index is 1480. The number of anilines is 2. The van der Waals surface area contributed by atoms with Gasteiger partial charge in [-0.1, -0.05) is 41.9 Å². The van der Waals surface area contributed by atoms with Crippen LogP contribution in [0.5, 0.6) is 0 Å². The van der Waals surface area contributed by atoms with E-state index in [4.69, 9.17) is 16.3 Å². The number of H-pyrrole nitrogens is 1. The summed E-state index contributed by atoms with van der Waals surface area (Å²) in [6, 6.07) is 20.3. The van der Waals surface area contributed by atoms with Gasteiger partial charge in [-0.05, 0) is 54.8 Å². The van der Waals surface area contributed by atoms with Crippen molar-refractivity contribution in [3.8, 4) is 11.3 Å². The van der Waals surface area contributed by atoms with Gasteiger partial charge in [0.2, 0.25) is 5.91 Å². The molecule has 2 aromatic carbocycles. The summed E-state index contributed by atoms with van der Waals surface area (Å²) in [6.07, 6.45) is 4.65. The highest BCUT2D eigenvalue weighted by Crippen LogP contribution is 2.43. The number of fused-ring (bicyclic) bond motifs is 2. The minimum atomic E-state index is -0.961. The molecule has 39 heavy (non-hydrogen) atoms. The number of likely N-dealkylation sites (tertiary alicyclic amines) is 1. The van der Waals surface area contributed by atoms with Crippen molar-refractivity contribution in [2.45, 2.75) is 30.9 Å². The van der Waals surface area contributed by atoms with Crippen LogP contribution in [0.3, 0.4) is 0 Å². The number of amides is 2. The number of nitrogens with one attached hydrogen (secondary N) is 3. The van der Waals surface area contributed by atoms with Crippen LogP contribution in [0.1, 0.15) is 24.0 Å². The molecule has 0 bridgehead atoms. The molecule has 0 unspecified atom stereocenters. The average molecular weight is 543 g/mol. The molecule has 1 fully saturated rings. The molecule has 4 aromatic rings. The van der Waals surface area contributed by atoms with E-state index in [9.17, 15) is 9.59 Å². The molecule has 0 radical (unpaired) electrons. The topological polar surface area (TPSA) is 112 Å². The summed E-state index contributed by atoms with van der Waals surface area (Å²) in [5.74, 6) is 0.500. The molecule has 0 aliphatic carbocycles. The lowest BCUT2D eigenvalue weighted by molar-refractivity contribution is -0.139. The van der Waals surface area contributed by atoms with Gasteiger partial charge in [0.15, 0.2) is 5.60 Å². The number of pyridine rings is 1. The van der Waals surface area contributed by atoms with Crippen LogP contribution in [-0.4, -0.2) is 51.2 Å². The highest BCUT2D eigenvalue weighted by Gasteiger charge is 2.47. The van der Waals surface area contributed by atoms with Crippen LogP contribution in [0.25, 0.3) is 11.3 Å². The zero-order chi connectivity index (χ0) is 26.8. The molecule has 0 saturated carbocycles. The first-order chi connectivity index (χ1) is 19.0. The summed E-state index contributed by atoms with van der Waals surface area (Å²) in [5.41, 5.74) is 3.27. The first kappa shape index (κ1) is 24.9. The van der Waals surface area contributed by atoms with Gasteiger partial charge in [-0.15, -0.1) is 0 Å². The van der Waals surface area contributed by atoms with Crippen molar-refractivity contribution in [3.63, 3.8) is 0 Å². The molecule has 2 aliphatic rings. The maximum absolute atomic E-state index is 14.1. The number of carbonyl (C=O) groups excluding carboxylic acids is 2. The van der Waals surface area contributed by atoms with Gasteiger partial charge < -0.3 is 15.0 Å². The van der Waals surface area contributed by atoms with Crippen molar-refractivity contribution in [3.05, 3.63) is 95.3 Å². The van der Waals surface area contributed by atoms with E-state index in [1.54, 1.807) is 29.4 Å². The second kappa shape index (κ2) is 10.4. The van der Waals surface area contributed by atoms with Gasteiger partial charge in [0, 0.05) is 41.5 Å². The van der Waals surface area contributed by atoms with Gasteiger partial charge in [0.05, 0.1) is 17.9 Å². The number of hydrogen-bond donors (Lipinski definition) is 3. The number of ether oxygens (including phenoxy) is 1. The fourth-order valence-corrected chi connectivity index (χ4v) is 5.56. The van der Waals surface area contributed by atoms with E-state index in [1.807, 2.05) is 54.6 Å². The predicted molar refractivity (Wildman–Crippen MR) is 148 cm³/mol. The van der Waals surface area contributed by atoms with E-state index in [1.165, 1.54) is 0 Å². The van der Waals surface area contributed by atoms with Crippen LogP contribution in [0.2, 0.25) is 5.02 Å². The summed E-state index contributed by atoms with van der Waals surface area (Å²) < 4.78 is 5.90. The zero-order valence-corrected chi connectivity index (χ0v) is 21.8. The molecular formula is C29H27ClN6O3. The number of halogens is 1. The molecule has 2 aromatic heterocycles. The third kappa shape index (κ3) is 5.18. The first-order valence-corrected chi connectivity index (χ1v) is 13.2. The van der Waals surface area contributed by atoms with E-state index in [-0.39, 0.29) is 12.5 Å². The summed E-state index contributed by atoms with van der Waals surface area (Å²) >= 11 is 6.32. The number of aromatic nitrogens is 3. The average Bonchev–Trinajstić information content (AvgIpc) is 3.49. The molecule has 6 rings (SSSR count). The Hall–Kier alpha value is -4.37. The maximum Gasteiger partial charge on any atom is 0.412 e. The molecule has 9 nitrogen and oxygen atoms in total. The highest BCUT2D eigenvalue weighted by molar-refractivity contribution is 6.30. The second-order valence-electron chi connectivity index (χ2n) is 9.85. The Kier molecular flexibility index (Phi) is 6.66. The van der Waals surface area contributed by atoms with Crippen LogP contribution in [0.4, 0.5) is 16.3 Å². The molecule has 1 saturated heterocycles. The highest BCUT2D eigenvalue weighted by atomic mass is 35.5. The summed E-state index contributed by atoms with van der Waals surface area (Å²) in [6.45, 7) is 0.798. The number of aromatic amines is 1. The van der Waals surface area contributed by atoms with Crippen molar-refractivity contribution in [1.29, 1.82) is 0 Å². The van der Waals surface area contributed by atoms with Crippen LogP contribution < -0.4 is 10.6 Å². The van der Waals surface area contributed by atoms with Crippen molar-refractivity contribution < 1.29 is 14.3 Å². The Labute approximate surface area is 230 Å². The fourth-order valence-electron chi connectivity index (χ4n) is 5.39. The lowest BCUT2D eigenvalue weighted by atomic mass is 9.83. The van der Waals surface area contributed by atoms with Crippen molar-refractivity contribution in [2.24, 2.45) is 0 Å². The van der Waals surface area contributed by atoms with Crippen LogP contribution in [-0.2, 0) is 21.6 Å². The Morgan fingerprint density at radius 3 is 2.79 bits per heavy atom. The van der Waals surface area contributed by atoms with Gasteiger partial charge in [-0.3, -0.25) is 15.2 Å². The van der Waals surface area contributed by atoms with Crippen LogP contribution in [0.15, 0.2) is 79.1 Å². The first-order valence-electron chi connectivity index (χ1n) is 12.8. The molecule has 3 N–H and O–H groups in total. The molecule has 1 spiro atoms. The number of rotatable bonds is 6. The largest absolute Gasteiger partial charge is 0.436 e. The molecule has 4 heterocycles. The minimum absolute atomic E-state index is 0.0875. The monoisotopic (exact) mass is 542 g/mol. The molecule has 10 heteroatoms. The molecule has 2 amide bonds. The number of carbonyl (C=O) groups is 2. The molecule has 2 atom stereocenters. The number of hydrogen-bond acceptors (Lipinski definition) is 6. The van der Waals surface area contributed by atoms with E-state index < -0.39 is 17.7 Å². The molecule has 198 valence electrons. The SMILES string of the molecule is O=C1Nc2ccc(Cl)cc2[C@@]2(CCCN(C(=O)[C@H](Cc3ccccc3)Nc3ccc(-c4ccn[nH]4)cn3)C2)O1. The van der Waals surface area contributed by atoms with Crippen LogP contribution in [0, 0.1) is 0 Å². The summed E-state index contributed by atoms with van der Waals surface area (Å²) in [5, 5.41) is 13.6. The second-order valence-corrected chi connectivity index (χ2v) is 10.3. The fraction of sp³-hybridized carbons (Fsp3) is 0.241. The van der Waals surface area contributed by atoms with Crippen molar-refractivity contribution in [1.82, 2.24) is 20.1 Å². The van der Waals surface area contributed by atoms with E-state index in [0.29, 0.717) is 42.3 Å². The summed E-state index contributed by atoms with van der Waals surface area (Å²) in [7, 11) is 0. The molecular weight excluding hydrogens is 516 g/mol. The maximum atomic E-state index is 14.1. The van der Waals surface area contributed by atoms with Gasteiger partial charge in [0.1, 0.15) is 11.9 Å². The van der Waals surface area contributed by atoms with Gasteiger partial charge in [0.25, 0.3) is 0 Å². The quantitative estimate of drug-likeness (QED) is 0.307. The van der Waals surface area contributed by atoms with Gasteiger partial charge >= 0.3 is 6.09 Å². The third-order valence-electron chi connectivity index (χ3n) is 7.24. The standard InChI is InChI=1S/C29H27ClN6O3/c30-21-8-9-24-22(16-21)29(39-28(38)34-24)12-4-14-36(18-29)27(37)25(15-19-5-2-1-3-6-19)33-26-10-7-20(17-31-26)23-11-13-32-35-23/h1-3,5-11,13,16-17,25H,4,12,14-15,18H2,(H,31,33)(H,32,35)(H,34,38)/t25-,29-/m0/s1. The van der Waals surface area contributed by atoms with E-state index >= 15 is 0 Å². The van der Waals surface area contributed by atoms with Crippen LogP contribution >= 0.6 is 11.6 Å². The number of benzene rings is 2. The molecule has 2 aliphatic heterocycles. The van der Waals surface area contributed by atoms with Gasteiger partial charge in [-0.2, -0.15) is 5.10 Å². The van der Waals surface area contributed by atoms with E-state index in [0.717, 1.165) is 22.4 Å². The predicted octanol–water partition coefficient (Wildman–Crippen LogP) is 5.23. The summed E-state index contributed by atoms with van der Waals surface area (Å²) in [4.78, 5) is 32.9. The minimum Gasteiger partial charge on any atom is -0.436 e. The lowest BCUT2D eigenvalue weighted by Crippen LogP contribution is -2.56. The lowest BCUT2D eigenvalue weighted by Gasteiger charge is -2.45. The van der Waals surface area contributed by atoms with Crippen molar-refractivity contribution in [2.75, 3.05) is 23.7 Å². The number of piperidine rings is 1. The Morgan fingerprint density at radius 2 is 2.03 bits per heavy atom. The number of nitrogens with zero attached hydrogens (tertiary/aromatic N) is 3. The Morgan fingerprint density at radius 1 is 1.15 bits per heavy atom. The van der Waals surface area contributed by atoms with Crippen molar-refractivity contribution >= 4 is 35.1 Å². The van der Waals surface area contributed by atoms with E-state index in [2.05, 4.69) is 25.8 Å².